The molecule has 1 aromatic carbocycles. The van der Waals surface area contributed by atoms with Gasteiger partial charge in [0.2, 0.25) is 0 Å². The van der Waals surface area contributed by atoms with Gasteiger partial charge < -0.3 is 5.32 Å². The van der Waals surface area contributed by atoms with Gasteiger partial charge in [-0.1, -0.05) is 24.3 Å². The van der Waals surface area contributed by atoms with E-state index in [1.807, 2.05) is 12.1 Å². The van der Waals surface area contributed by atoms with Crippen molar-refractivity contribution in [2.24, 2.45) is 7.05 Å². The van der Waals surface area contributed by atoms with Crippen molar-refractivity contribution in [3.8, 4) is 0 Å². The lowest BCUT2D eigenvalue weighted by Crippen LogP contribution is -2.14. The molecule has 0 aliphatic heterocycles. The molecule has 90 valence electrons. The number of rotatable bonds is 5. The van der Waals surface area contributed by atoms with Crippen LogP contribution in [0.3, 0.4) is 0 Å². The molecule has 0 atom stereocenters. The van der Waals surface area contributed by atoms with Crippen LogP contribution in [0.1, 0.15) is 17.0 Å². The van der Waals surface area contributed by atoms with Gasteiger partial charge in [-0.15, -0.1) is 21.8 Å². The summed E-state index contributed by atoms with van der Waals surface area (Å²) >= 11 is 5.78. The first-order valence-corrected chi connectivity index (χ1v) is 5.89. The van der Waals surface area contributed by atoms with Gasteiger partial charge in [-0.2, -0.15) is 4.80 Å². The highest BCUT2D eigenvalue weighted by atomic mass is 35.5. The summed E-state index contributed by atoms with van der Waals surface area (Å²) < 4.78 is 0. The number of benzene rings is 1. The predicted molar refractivity (Wildman–Crippen MR) is 65.3 cm³/mol. The van der Waals surface area contributed by atoms with E-state index in [0.29, 0.717) is 18.2 Å². The Hall–Kier alpha value is -1.46. The summed E-state index contributed by atoms with van der Waals surface area (Å²) in [5.74, 6) is 1.24. The Labute approximate surface area is 105 Å². The van der Waals surface area contributed by atoms with E-state index in [4.69, 9.17) is 11.6 Å². The Bertz CT molecular complexity index is 482. The molecule has 1 heterocycles. The van der Waals surface area contributed by atoms with Crippen molar-refractivity contribution >= 4 is 11.6 Å². The lowest BCUT2D eigenvalue weighted by Gasteiger charge is -2.03. The maximum Gasteiger partial charge on any atom is 0.188 e. The zero-order valence-electron chi connectivity index (χ0n) is 9.60. The molecule has 0 amide bonds. The second-order valence-electron chi connectivity index (χ2n) is 3.75. The van der Waals surface area contributed by atoms with Crippen LogP contribution in [0.2, 0.25) is 0 Å². The molecule has 17 heavy (non-hydrogen) atoms. The number of nitrogens with zero attached hydrogens (tertiary/aromatic N) is 4. The topological polar surface area (TPSA) is 55.6 Å². The van der Waals surface area contributed by atoms with E-state index in [9.17, 15) is 0 Å². The SMILES string of the molecule is Cn1nnc(CNCc2cccc(CCl)c2)n1. The van der Waals surface area contributed by atoms with Crippen molar-refractivity contribution < 1.29 is 0 Å². The monoisotopic (exact) mass is 251 g/mol. The number of hydrogen-bond acceptors (Lipinski definition) is 4. The third-order valence-electron chi connectivity index (χ3n) is 2.31. The first kappa shape index (κ1) is 12.0. The van der Waals surface area contributed by atoms with Crippen LogP contribution in [0.4, 0.5) is 0 Å². The van der Waals surface area contributed by atoms with Gasteiger partial charge >= 0.3 is 0 Å². The Kier molecular flexibility index (Phi) is 4.06. The molecule has 2 aromatic rings. The van der Waals surface area contributed by atoms with Gasteiger partial charge in [0.1, 0.15) is 0 Å². The number of hydrogen-bond donors (Lipinski definition) is 1. The summed E-state index contributed by atoms with van der Waals surface area (Å²) in [7, 11) is 1.75. The molecule has 0 saturated heterocycles. The molecule has 1 N–H and O–H groups in total. The molecule has 2 rings (SSSR count). The molecule has 0 bridgehead atoms. The van der Waals surface area contributed by atoms with Crippen LogP contribution < -0.4 is 5.32 Å². The fraction of sp³-hybridized carbons (Fsp3) is 0.364. The molecule has 0 aliphatic carbocycles. The molecule has 5 nitrogen and oxygen atoms in total. The minimum absolute atomic E-state index is 0.541. The van der Waals surface area contributed by atoms with Gasteiger partial charge in [0.25, 0.3) is 0 Å². The van der Waals surface area contributed by atoms with Gasteiger partial charge in [-0.3, -0.25) is 0 Å². The average molecular weight is 252 g/mol. The summed E-state index contributed by atoms with van der Waals surface area (Å²) in [6.07, 6.45) is 0. The molecule has 0 fully saturated rings. The number of aromatic nitrogens is 4. The molecule has 0 spiro atoms. The number of nitrogens with one attached hydrogen (secondary N) is 1. The molecule has 0 saturated carbocycles. The second-order valence-corrected chi connectivity index (χ2v) is 4.02. The highest BCUT2D eigenvalue weighted by molar-refractivity contribution is 6.17. The highest BCUT2D eigenvalue weighted by Gasteiger charge is 2.00. The molecule has 6 heteroatoms. The van der Waals surface area contributed by atoms with Crippen LogP contribution in [0.5, 0.6) is 0 Å². The predicted octanol–water partition coefficient (Wildman–Crippen LogP) is 1.24. The second kappa shape index (κ2) is 5.75. The lowest BCUT2D eigenvalue weighted by atomic mass is 10.1. The van der Waals surface area contributed by atoms with Crippen LogP contribution in [0, 0.1) is 0 Å². The van der Waals surface area contributed by atoms with Gasteiger partial charge in [-0.05, 0) is 16.3 Å². The lowest BCUT2D eigenvalue weighted by molar-refractivity contribution is 0.619. The third-order valence-corrected chi connectivity index (χ3v) is 2.62. The van der Waals surface area contributed by atoms with E-state index in [-0.39, 0.29) is 0 Å². The van der Waals surface area contributed by atoms with Crippen LogP contribution in [-0.4, -0.2) is 20.2 Å². The molecule has 1 aromatic heterocycles. The number of alkyl halides is 1. The van der Waals surface area contributed by atoms with E-state index < -0.39 is 0 Å². The molecular formula is C11H14ClN5. The normalized spacial score (nSPS) is 10.7. The molecule has 0 aliphatic rings. The minimum atomic E-state index is 0.541. The van der Waals surface area contributed by atoms with Crippen molar-refractivity contribution in [1.29, 1.82) is 0 Å². The van der Waals surface area contributed by atoms with Crippen molar-refractivity contribution in [2.75, 3.05) is 0 Å². The Balaban J connectivity index is 1.85. The summed E-state index contributed by atoms with van der Waals surface area (Å²) in [5.41, 5.74) is 2.33. The van der Waals surface area contributed by atoms with Crippen molar-refractivity contribution in [3.05, 3.63) is 41.2 Å². The number of halogens is 1. The van der Waals surface area contributed by atoms with Gasteiger partial charge in [-0.25, -0.2) is 0 Å². The average Bonchev–Trinajstić information content (AvgIpc) is 2.75. The van der Waals surface area contributed by atoms with E-state index >= 15 is 0 Å². The van der Waals surface area contributed by atoms with Gasteiger partial charge in [0.15, 0.2) is 5.82 Å². The largest absolute Gasteiger partial charge is 0.306 e. The van der Waals surface area contributed by atoms with Crippen LogP contribution in [-0.2, 0) is 26.0 Å². The highest BCUT2D eigenvalue weighted by Crippen LogP contribution is 2.07. The number of aryl methyl sites for hydroxylation is 1. The Morgan fingerprint density at radius 1 is 1.29 bits per heavy atom. The Morgan fingerprint density at radius 2 is 2.12 bits per heavy atom. The molecular weight excluding hydrogens is 238 g/mol. The smallest absolute Gasteiger partial charge is 0.188 e. The number of tetrazole rings is 1. The zero-order chi connectivity index (χ0) is 12.1. The first-order chi connectivity index (χ1) is 8.28. The van der Waals surface area contributed by atoms with Gasteiger partial charge in [0, 0.05) is 12.4 Å². The van der Waals surface area contributed by atoms with Crippen molar-refractivity contribution in [3.63, 3.8) is 0 Å². The summed E-state index contributed by atoms with van der Waals surface area (Å²) in [5, 5.41) is 15.0. The fourth-order valence-electron chi connectivity index (χ4n) is 1.54. The molecule has 0 radical (unpaired) electrons. The van der Waals surface area contributed by atoms with Crippen molar-refractivity contribution in [1.82, 2.24) is 25.5 Å². The quantitative estimate of drug-likeness (QED) is 0.813. The maximum atomic E-state index is 5.78. The minimum Gasteiger partial charge on any atom is -0.306 e. The van der Waals surface area contributed by atoms with E-state index in [1.165, 1.54) is 10.4 Å². The van der Waals surface area contributed by atoms with E-state index in [1.54, 1.807) is 7.05 Å². The summed E-state index contributed by atoms with van der Waals surface area (Å²) in [6, 6.07) is 8.17. The summed E-state index contributed by atoms with van der Waals surface area (Å²) in [6.45, 7) is 1.38. The van der Waals surface area contributed by atoms with Crippen LogP contribution in [0.15, 0.2) is 24.3 Å². The van der Waals surface area contributed by atoms with E-state index in [2.05, 4.69) is 32.9 Å². The van der Waals surface area contributed by atoms with Crippen LogP contribution >= 0.6 is 11.6 Å². The van der Waals surface area contributed by atoms with Crippen LogP contribution in [0.25, 0.3) is 0 Å². The first-order valence-electron chi connectivity index (χ1n) is 5.35. The van der Waals surface area contributed by atoms with Gasteiger partial charge in [0.05, 0.1) is 13.6 Å². The fourth-order valence-corrected chi connectivity index (χ4v) is 1.70. The Morgan fingerprint density at radius 3 is 2.82 bits per heavy atom. The van der Waals surface area contributed by atoms with E-state index in [0.717, 1.165) is 12.1 Å². The zero-order valence-corrected chi connectivity index (χ0v) is 10.4. The maximum absolute atomic E-state index is 5.78. The summed E-state index contributed by atoms with van der Waals surface area (Å²) in [4.78, 5) is 1.45. The standard InChI is InChI=1S/C11H14ClN5/c1-17-15-11(14-16-17)8-13-7-10-4-2-3-9(5-10)6-12/h2-5,13H,6-8H2,1H3. The third kappa shape index (κ3) is 3.51. The van der Waals surface area contributed by atoms with Crippen molar-refractivity contribution in [2.45, 2.75) is 19.0 Å². The molecule has 0 unspecified atom stereocenters.